The number of nitrogens with zero attached hydrogens (tertiary/aromatic N) is 2. The summed E-state index contributed by atoms with van der Waals surface area (Å²) in [6, 6.07) is 11.0. The first-order valence-corrected chi connectivity index (χ1v) is 10.8. The van der Waals surface area contributed by atoms with Crippen LogP contribution in [0.3, 0.4) is 0 Å². The minimum atomic E-state index is -0.160. The Kier molecular flexibility index (Phi) is 5.83. The second kappa shape index (κ2) is 8.36. The SMILES string of the molecule is CCOc1ccc(-c2csc3ncn(Cc4c(Cl)ccc(Cl)c4Cl)c(=O)c23)cc1. The van der Waals surface area contributed by atoms with Crippen LogP contribution in [0.25, 0.3) is 21.3 Å². The van der Waals surface area contributed by atoms with E-state index in [4.69, 9.17) is 39.5 Å². The summed E-state index contributed by atoms with van der Waals surface area (Å²) in [5.74, 6) is 0.788. The largest absolute Gasteiger partial charge is 0.494 e. The van der Waals surface area contributed by atoms with Gasteiger partial charge in [0.05, 0.1) is 34.9 Å². The summed E-state index contributed by atoms with van der Waals surface area (Å²) < 4.78 is 6.99. The molecule has 8 heteroatoms. The standard InChI is InChI=1S/C21H15Cl3N2O2S/c1-2-28-13-5-3-12(4-6-13)15-10-29-20-18(15)21(27)26(11-25-20)9-14-16(22)7-8-17(23)19(14)24/h3-8,10-11H,2,9H2,1H3. The predicted molar refractivity (Wildman–Crippen MR) is 121 cm³/mol. The highest BCUT2D eigenvalue weighted by atomic mass is 35.5. The Morgan fingerprint density at radius 3 is 2.52 bits per heavy atom. The lowest BCUT2D eigenvalue weighted by atomic mass is 10.1. The Bertz CT molecular complexity index is 1250. The van der Waals surface area contributed by atoms with Gasteiger partial charge in [0.2, 0.25) is 0 Å². The number of benzene rings is 2. The second-order valence-corrected chi connectivity index (χ2v) is 8.34. The van der Waals surface area contributed by atoms with Crippen molar-refractivity contribution in [3.8, 4) is 16.9 Å². The monoisotopic (exact) mass is 464 g/mol. The lowest BCUT2D eigenvalue weighted by Gasteiger charge is -2.11. The molecule has 2 aromatic carbocycles. The zero-order valence-electron chi connectivity index (χ0n) is 15.3. The Labute approximate surface area is 186 Å². The summed E-state index contributed by atoms with van der Waals surface area (Å²) in [4.78, 5) is 18.4. The van der Waals surface area contributed by atoms with Crippen LogP contribution in [0.1, 0.15) is 12.5 Å². The number of halogens is 3. The van der Waals surface area contributed by atoms with Crippen LogP contribution in [0.4, 0.5) is 0 Å². The van der Waals surface area contributed by atoms with E-state index in [0.29, 0.717) is 37.5 Å². The average Bonchev–Trinajstić information content (AvgIpc) is 3.15. The van der Waals surface area contributed by atoms with E-state index in [2.05, 4.69) is 4.98 Å². The van der Waals surface area contributed by atoms with Crippen LogP contribution >= 0.6 is 46.1 Å². The number of hydrogen-bond donors (Lipinski definition) is 0. The molecule has 0 saturated carbocycles. The third-order valence-electron chi connectivity index (χ3n) is 4.50. The Hall–Kier alpha value is -2.05. The van der Waals surface area contributed by atoms with Crippen molar-refractivity contribution in [3.63, 3.8) is 0 Å². The van der Waals surface area contributed by atoms with Gasteiger partial charge in [0.15, 0.2) is 0 Å². The van der Waals surface area contributed by atoms with Crippen LogP contribution in [0.5, 0.6) is 5.75 Å². The molecule has 0 atom stereocenters. The minimum absolute atomic E-state index is 0.160. The first-order valence-electron chi connectivity index (χ1n) is 8.81. The quantitative estimate of drug-likeness (QED) is 0.315. The van der Waals surface area contributed by atoms with E-state index in [9.17, 15) is 4.79 Å². The van der Waals surface area contributed by atoms with Gasteiger partial charge in [-0.05, 0) is 36.8 Å². The highest BCUT2D eigenvalue weighted by Gasteiger charge is 2.16. The predicted octanol–water partition coefficient (Wildman–Crippen LogP) is 6.53. The molecule has 0 radical (unpaired) electrons. The first-order chi connectivity index (χ1) is 14.0. The number of aromatic nitrogens is 2. The van der Waals surface area contributed by atoms with Gasteiger partial charge in [-0.2, -0.15) is 0 Å². The van der Waals surface area contributed by atoms with Gasteiger partial charge in [-0.1, -0.05) is 46.9 Å². The van der Waals surface area contributed by atoms with Gasteiger partial charge in [-0.15, -0.1) is 11.3 Å². The maximum atomic E-state index is 13.3. The Balaban J connectivity index is 1.79. The van der Waals surface area contributed by atoms with Gasteiger partial charge in [-0.3, -0.25) is 9.36 Å². The van der Waals surface area contributed by atoms with Crippen LogP contribution in [0.15, 0.2) is 52.9 Å². The number of rotatable bonds is 5. The molecule has 148 valence electrons. The summed E-state index contributed by atoms with van der Waals surface area (Å²) >= 11 is 20.1. The molecule has 2 aromatic heterocycles. The van der Waals surface area contributed by atoms with Crippen LogP contribution in [-0.4, -0.2) is 16.2 Å². The van der Waals surface area contributed by atoms with Crippen molar-refractivity contribution in [3.05, 3.63) is 79.1 Å². The molecule has 4 rings (SSSR count). The molecule has 0 saturated heterocycles. The number of hydrogen-bond acceptors (Lipinski definition) is 4. The lowest BCUT2D eigenvalue weighted by molar-refractivity contribution is 0.340. The van der Waals surface area contributed by atoms with Crippen molar-refractivity contribution in [2.75, 3.05) is 6.61 Å². The van der Waals surface area contributed by atoms with Crippen molar-refractivity contribution < 1.29 is 4.74 Å². The molecule has 29 heavy (non-hydrogen) atoms. The van der Waals surface area contributed by atoms with Crippen molar-refractivity contribution in [2.45, 2.75) is 13.5 Å². The third-order valence-corrected chi connectivity index (χ3v) is 6.59. The van der Waals surface area contributed by atoms with E-state index >= 15 is 0 Å². The average molecular weight is 466 g/mol. The molecule has 2 heterocycles. The summed E-state index contributed by atoms with van der Waals surface area (Å²) in [7, 11) is 0. The molecule has 0 fully saturated rings. The molecule has 0 spiro atoms. The smallest absolute Gasteiger partial charge is 0.263 e. The minimum Gasteiger partial charge on any atom is -0.494 e. The molecule has 4 aromatic rings. The van der Waals surface area contributed by atoms with Crippen LogP contribution in [-0.2, 0) is 6.54 Å². The molecule has 0 aliphatic rings. The van der Waals surface area contributed by atoms with Crippen molar-refractivity contribution in [1.82, 2.24) is 9.55 Å². The molecule has 0 N–H and O–H groups in total. The Morgan fingerprint density at radius 1 is 1.07 bits per heavy atom. The highest BCUT2D eigenvalue weighted by molar-refractivity contribution is 7.17. The van der Waals surface area contributed by atoms with Crippen molar-refractivity contribution in [1.29, 1.82) is 0 Å². The summed E-state index contributed by atoms with van der Waals surface area (Å²) in [5.41, 5.74) is 2.19. The Morgan fingerprint density at radius 2 is 1.79 bits per heavy atom. The van der Waals surface area contributed by atoms with E-state index in [0.717, 1.165) is 16.9 Å². The first kappa shape index (κ1) is 20.2. The maximum Gasteiger partial charge on any atom is 0.263 e. The van der Waals surface area contributed by atoms with E-state index in [1.807, 2.05) is 36.6 Å². The van der Waals surface area contributed by atoms with E-state index in [1.54, 1.807) is 12.1 Å². The van der Waals surface area contributed by atoms with Crippen LogP contribution in [0.2, 0.25) is 15.1 Å². The van der Waals surface area contributed by atoms with Gasteiger partial charge >= 0.3 is 0 Å². The van der Waals surface area contributed by atoms with Gasteiger partial charge < -0.3 is 4.74 Å². The normalized spacial score (nSPS) is 11.2. The van der Waals surface area contributed by atoms with Gasteiger partial charge in [0.1, 0.15) is 10.6 Å². The van der Waals surface area contributed by atoms with Gasteiger partial charge in [0, 0.05) is 21.5 Å². The second-order valence-electron chi connectivity index (χ2n) is 6.29. The zero-order chi connectivity index (χ0) is 20.5. The summed E-state index contributed by atoms with van der Waals surface area (Å²) in [5, 5.41) is 3.68. The molecule has 0 amide bonds. The number of ether oxygens (including phenoxy) is 1. The van der Waals surface area contributed by atoms with Crippen molar-refractivity contribution in [2.24, 2.45) is 0 Å². The fourth-order valence-electron chi connectivity index (χ4n) is 3.07. The van der Waals surface area contributed by atoms with Crippen LogP contribution in [0, 0.1) is 0 Å². The molecule has 0 bridgehead atoms. The molecule has 4 nitrogen and oxygen atoms in total. The third kappa shape index (κ3) is 3.88. The van der Waals surface area contributed by atoms with Gasteiger partial charge in [0.25, 0.3) is 5.56 Å². The van der Waals surface area contributed by atoms with Gasteiger partial charge in [-0.25, -0.2) is 4.98 Å². The zero-order valence-corrected chi connectivity index (χ0v) is 18.4. The molecular formula is C21H15Cl3N2O2S. The highest BCUT2D eigenvalue weighted by Crippen LogP contribution is 2.33. The van der Waals surface area contributed by atoms with E-state index in [1.165, 1.54) is 22.2 Å². The topological polar surface area (TPSA) is 44.1 Å². The van der Waals surface area contributed by atoms with E-state index in [-0.39, 0.29) is 12.1 Å². The molecule has 0 aliphatic carbocycles. The summed E-state index contributed by atoms with van der Waals surface area (Å²) in [6.45, 7) is 2.72. The van der Waals surface area contributed by atoms with E-state index < -0.39 is 0 Å². The summed E-state index contributed by atoms with van der Waals surface area (Å²) in [6.07, 6.45) is 1.51. The van der Waals surface area contributed by atoms with Crippen LogP contribution < -0.4 is 10.3 Å². The fraction of sp³-hybridized carbons (Fsp3) is 0.143. The number of thiophene rings is 1. The fourth-order valence-corrected chi connectivity index (χ4v) is 4.65. The molecular weight excluding hydrogens is 451 g/mol. The number of fused-ring (bicyclic) bond motifs is 1. The van der Waals surface area contributed by atoms with Crippen molar-refractivity contribution >= 4 is 56.4 Å². The molecule has 0 aliphatic heterocycles. The molecule has 0 unspecified atom stereocenters. The maximum absolute atomic E-state index is 13.3. The lowest BCUT2D eigenvalue weighted by Crippen LogP contribution is -2.21.